The second-order valence-corrected chi connectivity index (χ2v) is 9.36. The van der Waals surface area contributed by atoms with E-state index in [1.807, 2.05) is 6.92 Å². The predicted molar refractivity (Wildman–Crippen MR) is 106 cm³/mol. The van der Waals surface area contributed by atoms with Crippen molar-refractivity contribution < 1.29 is 18.3 Å². The molecule has 1 aromatic carbocycles. The standard InChI is InChI=1S/C19H27N3O5S/c1-13-4-5-14(2)15(10-13)11-27-16-6-8-22(9-7-16)28(25,26)12-17-18(23)21(3)19(24)20-17/h4-5,10,16,23H,6-9,11-12H2,1-3H3,(H,20,24). The van der Waals surface area contributed by atoms with Gasteiger partial charge in [-0.1, -0.05) is 23.8 Å². The molecule has 2 heterocycles. The molecule has 0 aliphatic carbocycles. The molecule has 1 aliphatic heterocycles. The van der Waals surface area contributed by atoms with Gasteiger partial charge in [-0.3, -0.25) is 4.57 Å². The van der Waals surface area contributed by atoms with Crippen LogP contribution in [0.25, 0.3) is 0 Å². The fraction of sp³-hybridized carbons (Fsp3) is 0.526. The first-order valence-corrected chi connectivity index (χ1v) is 10.9. The van der Waals surface area contributed by atoms with Gasteiger partial charge in [0.2, 0.25) is 15.9 Å². The van der Waals surface area contributed by atoms with Gasteiger partial charge in [-0.05, 0) is 37.8 Å². The molecule has 1 saturated heterocycles. The number of aromatic hydroxyl groups is 1. The Kier molecular flexibility index (Phi) is 5.97. The van der Waals surface area contributed by atoms with Crippen LogP contribution in [-0.2, 0) is 34.2 Å². The van der Waals surface area contributed by atoms with Gasteiger partial charge in [0.25, 0.3) is 0 Å². The van der Waals surface area contributed by atoms with E-state index in [-0.39, 0.29) is 17.7 Å². The smallest absolute Gasteiger partial charge is 0.328 e. The predicted octanol–water partition coefficient (Wildman–Crippen LogP) is 1.55. The topological polar surface area (TPSA) is 105 Å². The van der Waals surface area contributed by atoms with Crippen LogP contribution in [0.3, 0.4) is 0 Å². The summed E-state index contributed by atoms with van der Waals surface area (Å²) < 4.78 is 33.7. The highest BCUT2D eigenvalue weighted by atomic mass is 32.2. The number of aromatic amines is 1. The number of H-pyrrole nitrogens is 1. The van der Waals surface area contributed by atoms with Crippen molar-refractivity contribution in [1.82, 2.24) is 13.9 Å². The van der Waals surface area contributed by atoms with Gasteiger partial charge in [0.15, 0.2) is 0 Å². The first kappa shape index (κ1) is 20.6. The summed E-state index contributed by atoms with van der Waals surface area (Å²) in [7, 11) is -2.25. The van der Waals surface area contributed by atoms with E-state index in [1.165, 1.54) is 22.5 Å². The lowest BCUT2D eigenvalue weighted by atomic mass is 10.1. The van der Waals surface area contributed by atoms with Crippen LogP contribution in [0.1, 0.15) is 35.2 Å². The molecule has 9 heteroatoms. The van der Waals surface area contributed by atoms with Crippen molar-refractivity contribution in [2.45, 2.75) is 45.2 Å². The van der Waals surface area contributed by atoms with Crippen molar-refractivity contribution in [2.24, 2.45) is 7.05 Å². The molecule has 3 rings (SSSR count). The van der Waals surface area contributed by atoms with Gasteiger partial charge < -0.3 is 14.8 Å². The lowest BCUT2D eigenvalue weighted by molar-refractivity contribution is 0.00995. The van der Waals surface area contributed by atoms with Crippen LogP contribution >= 0.6 is 0 Å². The normalized spacial score (nSPS) is 16.5. The molecule has 0 radical (unpaired) electrons. The molecule has 0 unspecified atom stereocenters. The molecule has 1 aromatic heterocycles. The highest BCUT2D eigenvalue weighted by molar-refractivity contribution is 7.88. The number of hydrogen-bond donors (Lipinski definition) is 2. The summed E-state index contributed by atoms with van der Waals surface area (Å²) in [5.41, 5.74) is 3.00. The van der Waals surface area contributed by atoms with E-state index in [1.54, 1.807) is 0 Å². The summed E-state index contributed by atoms with van der Waals surface area (Å²) in [6.07, 6.45) is 1.24. The number of benzene rings is 1. The first-order chi connectivity index (χ1) is 13.2. The highest BCUT2D eigenvalue weighted by Crippen LogP contribution is 2.23. The molecule has 0 amide bonds. The number of imidazole rings is 1. The number of aromatic nitrogens is 2. The Morgan fingerprint density at radius 3 is 2.54 bits per heavy atom. The summed E-state index contributed by atoms with van der Waals surface area (Å²) in [5.74, 6) is -0.775. The van der Waals surface area contributed by atoms with Gasteiger partial charge >= 0.3 is 5.69 Å². The third-order valence-electron chi connectivity index (χ3n) is 5.25. The Bertz CT molecular complexity index is 1000. The van der Waals surface area contributed by atoms with Crippen molar-refractivity contribution in [3.8, 4) is 5.88 Å². The molecular weight excluding hydrogens is 382 g/mol. The van der Waals surface area contributed by atoms with Crippen LogP contribution in [0.5, 0.6) is 5.88 Å². The van der Waals surface area contributed by atoms with Gasteiger partial charge in [0.1, 0.15) is 5.75 Å². The van der Waals surface area contributed by atoms with Crippen molar-refractivity contribution in [3.63, 3.8) is 0 Å². The number of hydrogen-bond acceptors (Lipinski definition) is 5. The summed E-state index contributed by atoms with van der Waals surface area (Å²) >= 11 is 0. The number of ether oxygens (including phenoxy) is 1. The molecule has 1 fully saturated rings. The maximum Gasteiger partial charge on any atom is 0.328 e. The van der Waals surface area contributed by atoms with Crippen LogP contribution in [0.15, 0.2) is 23.0 Å². The molecule has 8 nitrogen and oxygen atoms in total. The summed E-state index contributed by atoms with van der Waals surface area (Å²) in [6.45, 7) is 5.33. The summed E-state index contributed by atoms with van der Waals surface area (Å²) in [6, 6.07) is 6.26. The van der Waals surface area contributed by atoms with E-state index in [2.05, 4.69) is 30.1 Å². The molecule has 28 heavy (non-hydrogen) atoms. The molecule has 0 bridgehead atoms. The Morgan fingerprint density at radius 1 is 1.25 bits per heavy atom. The summed E-state index contributed by atoms with van der Waals surface area (Å²) in [4.78, 5) is 13.9. The minimum Gasteiger partial charge on any atom is -0.493 e. The zero-order chi connectivity index (χ0) is 20.5. The van der Waals surface area contributed by atoms with Gasteiger partial charge in [0.05, 0.1) is 18.4 Å². The third kappa shape index (κ3) is 4.48. The number of nitrogens with one attached hydrogen (secondary N) is 1. The Balaban J connectivity index is 1.56. The zero-order valence-corrected chi connectivity index (χ0v) is 17.3. The maximum atomic E-state index is 12.6. The Morgan fingerprint density at radius 2 is 1.93 bits per heavy atom. The molecule has 2 N–H and O–H groups in total. The second-order valence-electron chi connectivity index (χ2n) is 7.39. The Hall–Kier alpha value is -2.10. The van der Waals surface area contributed by atoms with Gasteiger partial charge in [-0.15, -0.1) is 0 Å². The van der Waals surface area contributed by atoms with E-state index in [4.69, 9.17) is 4.74 Å². The average Bonchev–Trinajstić information content (AvgIpc) is 2.89. The zero-order valence-electron chi connectivity index (χ0n) is 16.4. The molecule has 2 aromatic rings. The van der Waals surface area contributed by atoms with Crippen LogP contribution in [0.2, 0.25) is 0 Å². The molecule has 154 valence electrons. The van der Waals surface area contributed by atoms with Crippen LogP contribution in [0, 0.1) is 13.8 Å². The quantitative estimate of drug-likeness (QED) is 0.753. The average molecular weight is 410 g/mol. The number of rotatable bonds is 6. The number of aryl methyl sites for hydroxylation is 2. The molecule has 0 atom stereocenters. The highest BCUT2D eigenvalue weighted by Gasteiger charge is 2.30. The van der Waals surface area contributed by atoms with E-state index in [9.17, 15) is 18.3 Å². The number of nitrogens with zero attached hydrogens (tertiary/aromatic N) is 2. The van der Waals surface area contributed by atoms with Crippen molar-refractivity contribution in [1.29, 1.82) is 0 Å². The van der Waals surface area contributed by atoms with E-state index >= 15 is 0 Å². The van der Waals surface area contributed by atoms with Crippen LogP contribution < -0.4 is 5.69 Å². The van der Waals surface area contributed by atoms with Crippen molar-refractivity contribution >= 4 is 10.0 Å². The van der Waals surface area contributed by atoms with E-state index < -0.39 is 21.5 Å². The van der Waals surface area contributed by atoms with Gasteiger partial charge in [0, 0.05) is 20.1 Å². The lowest BCUT2D eigenvalue weighted by Gasteiger charge is -2.31. The van der Waals surface area contributed by atoms with E-state index in [0.29, 0.717) is 32.5 Å². The van der Waals surface area contributed by atoms with Crippen molar-refractivity contribution in [3.05, 3.63) is 51.1 Å². The maximum absolute atomic E-state index is 12.6. The van der Waals surface area contributed by atoms with E-state index in [0.717, 1.165) is 10.1 Å². The summed E-state index contributed by atoms with van der Waals surface area (Å²) in [5, 5.41) is 9.87. The number of piperidine rings is 1. The minimum atomic E-state index is -3.63. The monoisotopic (exact) mass is 409 g/mol. The molecular formula is C19H27N3O5S. The minimum absolute atomic E-state index is 0.0105. The first-order valence-electron chi connectivity index (χ1n) is 9.30. The van der Waals surface area contributed by atoms with Crippen LogP contribution in [0.4, 0.5) is 0 Å². The lowest BCUT2D eigenvalue weighted by Crippen LogP contribution is -2.41. The second kappa shape index (κ2) is 8.10. The molecule has 1 aliphatic rings. The fourth-order valence-electron chi connectivity index (χ4n) is 3.38. The van der Waals surface area contributed by atoms with Crippen molar-refractivity contribution in [2.75, 3.05) is 13.1 Å². The largest absolute Gasteiger partial charge is 0.493 e. The van der Waals surface area contributed by atoms with Crippen LogP contribution in [-0.4, -0.2) is 46.6 Å². The van der Waals surface area contributed by atoms with Gasteiger partial charge in [-0.25, -0.2) is 17.5 Å². The molecule has 0 saturated carbocycles. The SMILES string of the molecule is Cc1ccc(C)c(COC2CCN(S(=O)(=O)Cc3[nH]c(=O)n(C)c3O)CC2)c1. The van der Waals surface area contributed by atoms with Gasteiger partial charge in [-0.2, -0.15) is 0 Å². The molecule has 0 spiro atoms. The Labute approximate surface area is 164 Å². The fourth-order valence-corrected chi connectivity index (χ4v) is 4.90. The number of sulfonamides is 1. The third-order valence-corrected chi connectivity index (χ3v) is 7.06.